The van der Waals surface area contributed by atoms with Crippen LogP contribution in [0.3, 0.4) is 0 Å². The molecule has 0 nitrogen and oxygen atoms in total. The summed E-state index contributed by atoms with van der Waals surface area (Å²) in [5.41, 5.74) is 2.91. The first-order valence-electron chi connectivity index (χ1n) is 4.26. The average molecular weight is 416 g/mol. The lowest BCUT2D eigenvalue weighted by Gasteiger charge is -2.25. The van der Waals surface area contributed by atoms with Crippen LogP contribution < -0.4 is 0 Å². The number of hydrogen-bond acceptors (Lipinski definition) is 0. The highest BCUT2D eigenvalue weighted by Gasteiger charge is 2.23. The zero-order valence-electron chi connectivity index (χ0n) is 6.93. The topological polar surface area (TPSA) is 0 Å². The molecule has 1 aliphatic carbocycles. The third-order valence-corrected chi connectivity index (χ3v) is 4.97. The summed E-state index contributed by atoms with van der Waals surface area (Å²) in [4.78, 5) is 1.10. The Hall–Kier alpha value is 0.910. The minimum absolute atomic E-state index is 0.547. The molecule has 0 radical (unpaired) electrons. The SMILES string of the molecule is BrC1CCC(Br)c2cc(I)ccc21. The van der Waals surface area contributed by atoms with E-state index in [1.54, 1.807) is 0 Å². The van der Waals surface area contributed by atoms with E-state index in [9.17, 15) is 0 Å². The van der Waals surface area contributed by atoms with Crippen LogP contribution >= 0.6 is 54.5 Å². The summed E-state index contributed by atoms with van der Waals surface area (Å²) in [5, 5.41) is 0. The largest absolute Gasteiger partial charge is 0.0839 e. The third-order valence-electron chi connectivity index (χ3n) is 2.40. The number of fused-ring (bicyclic) bond motifs is 1. The molecule has 0 aromatic heterocycles. The molecular weight excluding hydrogens is 407 g/mol. The standard InChI is InChI=1S/C10H9Br2I/c11-9-3-4-10(12)8-5-6(13)1-2-7(8)9/h1-2,5,9-10H,3-4H2. The van der Waals surface area contributed by atoms with E-state index < -0.39 is 0 Å². The predicted molar refractivity (Wildman–Crippen MR) is 71.7 cm³/mol. The van der Waals surface area contributed by atoms with Gasteiger partial charge in [0.15, 0.2) is 0 Å². The Morgan fingerprint density at radius 3 is 2.38 bits per heavy atom. The van der Waals surface area contributed by atoms with Crippen LogP contribution in [-0.4, -0.2) is 0 Å². The summed E-state index contributed by atoms with van der Waals surface area (Å²) < 4.78 is 1.32. The van der Waals surface area contributed by atoms with Crippen LogP contribution in [0.5, 0.6) is 0 Å². The molecule has 1 aromatic carbocycles. The van der Waals surface area contributed by atoms with E-state index in [-0.39, 0.29) is 0 Å². The molecule has 0 aliphatic heterocycles. The molecule has 0 saturated carbocycles. The zero-order valence-corrected chi connectivity index (χ0v) is 12.3. The van der Waals surface area contributed by atoms with E-state index in [4.69, 9.17) is 0 Å². The molecular formula is C10H9Br2I. The number of rotatable bonds is 0. The molecule has 1 aliphatic rings. The van der Waals surface area contributed by atoms with Crippen LogP contribution in [0.4, 0.5) is 0 Å². The molecule has 0 N–H and O–H groups in total. The quantitative estimate of drug-likeness (QED) is 0.415. The lowest BCUT2D eigenvalue weighted by Crippen LogP contribution is -2.07. The fourth-order valence-corrected chi connectivity index (χ4v) is 3.56. The van der Waals surface area contributed by atoms with Crippen LogP contribution in [0.15, 0.2) is 18.2 Å². The van der Waals surface area contributed by atoms with Gasteiger partial charge in [0.05, 0.1) is 0 Å². The molecule has 3 heteroatoms. The first-order valence-corrected chi connectivity index (χ1v) is 7.17. The van der Waals surface area contributed by atoms with Crippen molar-refractivity contribution < 1.29 is 0 Å². The van der Waals surface area contributed by atoms with Crippen molar-refractivity contribution >= 4 is 54.5 Å². The first-order chi connectivity index (χ1) is 6.18. The Morgan fingerprint density at radius 2 is 1.69 bits per heavy atom. The number of hydrogen-bond donors (Lipinski definition) is 0. The second-order valence-electron chi connectivity index (χ2n) is 3.29. The molecule has 0 heterocycles. The van der Waals surface area contributed by atoms with Gasteiger partial charge in [-0.3, -0.25) is 0 Å². The minimum Gasteiger partial charge on any atom is -0.0839 e. The predicted octanol–water partition coefficient (Wildman–Crippen LogP) is 4.96. The summed E-state index contributed by atoms with van der Waals surface area (Å²) in [6.07, 6.45) is 2.45. The summed E-state index contributed by atoms with van der Waals surface area (Å²) in [7, 11) is 0. The lowest BCUT2D eigenvalue weighted by atomic mass is 9.92. The van der Waals surface area contributed by atoms with Crippen molar-refractivity contribution in [3.8, 4) is 0 Å². The summed E-state index contributed by atoms with van der Waals surface area (Å²) in [6.45, 7) is 0. The van der Waals surface area contributed by atoms with Gasteiger partial charge in [-0.1, -0.05) is 37.9 Å². The Labute approximate surface area is 109 Å². The highest BCUT2D eigenvalue weighted by atomic mass is 127. The molecule has 0 bridgehead atoms. The van der Waals surface area contributed by atoms with Gasteiger partial charge in [-0.25, -0.2) is 0 Å². The van der Waals surface area contributed by atoms with Gasteiger partial charge in [0.2, 0.25) is 0 Å². The average Bonchev–Trinajstić information content (AvgIpc) is 2.12. The van der Waals surface area contributed by atoms with E-state index in [1.165, 1.54) is 27.5 Å². The normalized spacial score (nSPS) is 27.0. The van der Waals surface area contributed by atoms with Gasteiger partial charge in [0, 0.05) is 13.2 Å². The summed E-state index contributed by atoms with van der Waals surface area (Å²) in [6, 6.07) is 6.70. The number of benzene rings is 1. The number of halogens is 3. The van der Waals surface area contributed by atoms with Crippen molar-refractivity contribution in [2.45, 2.75) is 22.5 Å². The van der Waals surface area contributed by atoms with Crippen LogP contribution in [0.2, 0.25) is 0 Å². The molecule has 70 valence electrons. The van der Waals surface area contributed by atoms with Gasteiger partial charge in [0.1, 0.15) is 0 Å². The molecule has 2 atom stereocenters. The fourth-order valence-electron chi connectivity index (χ4n) is 1.71. The smallest absolute Gasteiger partial charge is 0.0399 e. The van der Waals surface area contributed by atoms with Crippen LogP contribution in [0.25, 0.3) is 0 Å². The second-order valence-corrected chi connectivity index (χ2v) is 6.74. The Morgan fingerprint density at radius 1 is 1.08 bits per heavy atom. The monoisotopic (exact) mass is 414 g/mol. The van der Waals surface area contributed by atoms with E-state index >= 15 is 0 Å². The van der Waals surface area contributed by atoms with Crippen molar-refractivity contribution in [1.29, 1.82) is 0 Å². The van der Waals surface area contributed by atoms with Gasteiger partial charge in [-0.05, 0) is 58.7 Å². The maximum absolute atomic E-state index is 3.72. The van der Waals surface area contributed by atoms with Gasteiger partial charge >= 0.3 is 0 Å². The third kappa shape index (κ3) is 2.12. The maximum Gasteiger partial charge on any atom is 0.0399 e. The molecule has 0 saturated heterocycles. The van der Waals surface area contributed by atoms with Crippen LogP contribution in [0, 0.1) is 3.57 Å². The highest BCUT2D eigenvalue weighted by Crippen LogP contribution is 2.44. The molecule has 13 heavy (non-hydrogen) atoms. The van der Waals surface area contributed by atoms with Gasteiger partial charge in [-0.15, -0.1) is 0 Å². The van der Waals surface area contributed by atoms with Crippen molar-refractivity contribution in [2.75, 3.05) is 0 Å². The molecule has 2 rings (SSSR count). The van der Waals surface area contributed by atoms with E-state index in [1.807, 2.05) is 0 Å². The molecule has 2 unspecified atom stereocenters. The molecule has 1 aromatic rings. The van der Waals surface area contributed by atoms with Crippen molar-refractivity contribution in [1.82, 2.24) is 0 Å². The molecule has 0 fully saturated rings. The Balaban J connectivity index is 2.50. The molecule has 0 amide bonds. The highest BCUT2D eigenvalue weighted by molar-refractivity contribution is 14.1. The van der Waals surface area contributed by atoms with Gasteiger partial charge in [-0.2, -0.15) is 0 Å². The zero-order chi connectivity index (χ0) is 9.42. The van der Waals surface area contributed by atoms with Crippen molar-refractivity contribution in [3.63, 3.8) is 0 Å². The minimum atomic E-state index is 0.547. The summed E-state index contributed by atoms with van der Waals surface area (Å²) in [5.74, 6) is 0. The lowest BCUT2D eigenvalue weighted by molar-refractivity contribution is 0.676. The molecule has 0 spiro atoms. The maximum atomic E-state index is 3.72. The van der Waals surface area contributed by atoms with Crippen molar-refractivity contribution in [2.24, 2.45) is 0 Å². The van der Waals surface area contributed by atoms with E-state index in [0.29, 0.717) is 9.65 Å². The van der Waals surface area contributed by atoms with Gasteiger partial charge in [0.25, 0.3) is 0 Å². The van der Waals surface area contributed by atoms with E-state index in [0.717, 1.165) is 0 Å². The van der Waals surface area contributed by atoms with Crippen LogP contribution in [-0.2, 0) is 0 Å². The Bertz CT molecular complexity index is 325. The van der Waals surface area contributed by atoms with Crippen LogP contribution in [0.1, 0.15) is 33.6 Å². The second kappa shape index (κ2) is 4.19. The Kier molecular flexibility index (Phi) is 3.36. The fraction of sp³-hybridized carbons (Fsp3) is 0.400. The van der Waals surface area contributed by atoms with Crippen molar-refractivity contribution in [3.05, 3.63) is 32.9 Å². The number of alkyl halides is 2. The van der Waals surface area contributed by atoms with E-state index in [2.05, 4.69) is 72.6 Å². The first kappa shape index (κ1) is 10.4. The van der Waals surface area contributed by atoms with Gasteiger partial charge < -0.3 is 0 Å². The summed E-state index contributed by atoms with van der Waals surface area (Å²) >= 11 is 9.81.